The number of carbonyl (C=O) groups is 2. The Bertz CT molecular complexity index is 1330. The Morgan fingerprint density at radius 2 is 1.79 bits per heavy atom. The van der Waals surface area contributed by atoms with Crippen molar-refractivity contribution in [2.45, 2.75) is 97.7 Å². The number of phenolic OH excluding ortho intramolecular Hbond substituents is 1. The third-order valence-electron chi connectivity index (χ3n) is 10.2. The molecule has 47 heavy (non-hydrogen) atoms. The quantitative estimate of drug-likeness (QED) is 0.186. The summed E-state index contributed by atoms with van der Waals surface area (Å²) >= 11 is 0. The topological polar surface area (TPSA) is 161 Å². The smallest absolute Gasteiger partial charge is 0.302 e. The molecule has 0 radical (unpaired) electrons. The highest BCUT2D eigenvalue weighted by Crippen LogP contribution is 2.47. The van der Waals surface area contributed by atoms with Gasteiger partial charge in [-0.3, -0.25) is 9.59 Å². The number of nitrogens with zero attached hydrogens (tertiary/aromatic N) is 1. The number of pyridine rings is 1. The maximum Gasteiger partial charge on any atom is 0.302 e. The van der Waals surface area contributed by atoms with Gasteiger partial charge in [-0.05, 0) is 121 Å². The largest absolute Gasteiger partial charge is 0.504 e. The molecule has 4 rings (SSSR count). The van der Waals surface area contributed by atoms with Crippen molar-refractivity contribution in [2.75, 3.05) is 25.6 Å². The Morgan fingerprint density at radius 3 is 2.45 bits per heavy atom. The summed E-state index contributed by atoms with van der Waals surface area (Å²) < 4.78 is 17.5. The van der Waals surface area contributed by atoms with Crippen LogP contribution in [0.1, 0.15) is 84.6 Å². The molecule has 10 heteroatoms. The van der Waals surface area contributed by atoms with Crippen molar-refractivity contribution in [1.29, 1.82) is 0 Å². The fourth-order valence-corrected chi connectivity index (χ4v) is 8.24. The molecule has 0 aliphatic heterocycles. The van der Waals surface area contributed by atoms with Gasteiger partial charge in [0.05, 0.1) is 6.61 Å². The monoisotopic (exact) mass is 654 g/mol. The number of hydrogen-bond acceptors (Lipinski definition) is 10. The first kappa shape index (κ1) is 36.5. The van der Waals surface area contributed by atoms with Gasteiger partial charge in [-0.25, -0.2) is 4.98 Å². The standard InChI is InChI=1S/C37H54N2O8/c1-22(2)32-8-5-25-13-26(21-41)15-30(16-29(32)14-25)35(47-24(4)43)19-31(46-23(3)42)7-6-27-17-36(45-12-11-40)34(44)20-33(27)28-9-10-39-37(38)18-28/h9-10,17-18,20,22,25-26,29-32,35,40-41,44H,5-8,11-16,19,21H2,1-4H3,(H2,38,39)/t25-,26-,29+,30+,31-,32-,35-/m1/s1. The Balaban J connectivity index is 1.62. The van der Waals surface area contributed by atoms with Gasteiger partial charge < -0.3 is 35.3 Å². The normalized spacial score (nSPS) is 24.1. The second-order valence-electron chi connectivity index (χ2n) is 14.0. The minimum Gasteiger partial charge on any atom is -0.504 e. The second-order valence-corrected chi connectivity index (χ2v) is 14.0. The number of aryl methyl sites for hydroxylation is 1. The molecule has 1 aromatic heterocycles. The SMILES string of the molecule is CC(=O)O[C@H](CCc1cc(OCCO)c(O)cc1-c1ccnc(N)c1)C[C@@H](OC(C)=O)[C@H]1C[C@H](CO)C[C@H]2CC[C@H](C(C)C)[C@@H](C2)C1. The molecule has 2 aliphatic carbocycles. The van der Waals surface area contributed by atoms with E-state index in [1.807, 2.05) is 0 Å². The van der Waals surface area contributed by atoms with Gasteiger partial charge in [0.1, 0.15) is 24.6 Å². The van der Waals surface area contributed by atoms with Crippen LogP contribution in [0.2, 0.25) is 0 Å². The van der Waals surface area contributed by atoms with E-state index in [1.165, 1.54) is 26.7 Å². The molecule has 0 spiro atoms. The number of hydrogen-bond donors (Lipinski definition) is 4. The van der Waals surface area contributed by atoms with E-state index in [2.05, 4.69) is 18.8 Å². The summed E-state index contributed by atoms with van der Waals surface area (Å²) in [6, 6.07) is 6.86. The number of carbonyl (C=O) groups excluding carboxylic acids is 2. The number of aromatic nitrogens is 1. The fraction of sp³-hybridized carbons (Fsp3) is 0.649. The first-order valence-corrected chi connectivity index (χ1v) is 17.2. The van der Waals surface area contributed by atoms with Crippen LogP contribution >= 0.6 is 0 Å². The lowest BCUT2D eigenvalue weighted by atomic mass is 9.62. The average molecular weight is 655 g/mol. The minimum absolute atomic E-state index is 0.0182. The maximum atomic E-state index is 12.5. The molecule has 5 N–H and O–H groups in total. The lowest BCUT2D eigenvalue weighted by Gasteiger charge is -2.45. The van der Waals surface area contributed by atoms with Gasteiger partial charge in [-0.1, -0.05) is 20.3 Å². The van der Waals surface area contributed by atoms with E-state index in [0.29, 0.717) is 48.8 Å². The number of rotatable bonds is 14. The molecule has 0 saturated heterocycles. The van der Waals surface area contributed by atoms with Gasteiger partial charge in [0.25, 0.3) is 0 Å². The summed E-state index contributed by atoms with van der Waals surface area (Å²) in [6.07, 6.45) is 7.97. The number of nitrogens with two attached hydrogens (primary N) is 1. The minimum atomic E-state index is -0.555. The molecule has 260 valence electrons. The molecule has 2 bridgehead atoms. The van der Waals surface area contributed by atoms with Crippen molar-refractivity contribution in [2.24, 2.45) is 35.5 Å². The Hall–Kier alpha value is -3.37. The van der Waals surface area contributed by atoms with E-state index in [-0.39, 0.29) is 49.1 Å². The Morgan fingerprint density at radius 1 is 1.02 bits per heavy atom. The molecule has 2 aliphatic rings. The van der Waals surface area contributed by atoms with Crippen molar-refractivity contribution < 1.29 is 39.1 Å². The summed E-state index contributed by atoms with van der Waals surface area (Å²) in [7, 11) is 0. The van der Waals surface area contributed by atoms with E-state index < -0.39 is 18.2 Å². The van der Waals surface area contributed by atoms with Crippen molar-refractivity contribution in [3.8, 4) is 22.6 Å². The number of ether oxygens (including phenoxy) is 3. The number of phenols is 1. The van der Waals surface area contributed by atoms with Crippen LogP contribution in [-0.4, -0.2) is 64.3 Å². The summed E-state index contributed by atoms with van der Waals surface area (Å²) in [5.74, 6) is 2.18. The highest BCUT2D eigenvalue weighted by Gasteiger charge is 2.40. The first-order valence-electron chi connectivity index (χ1n) is 17.2. The molecule has 10 nitrogen and oxygen atoms in total. The van der Waals surface area contributed by atoms with Crippen LogP contribution in [0.15, 0.2) is 30.5 Å². The molecule has 2 fully saturated rings. The molecule has 2 aromatic rings. The van der Waals surface area contributed by atoms with E-state index in [9.17, 15) is 24.9 Å². The van der Waals surface area contributed by atoms with Crippen molar-refractivity contribution in [3.05, 3.63) is 36.0 Å². The summed E-state index contributed by atoms with van der Waals surface area (Å²) in [5.41, 5.74) is 8.28. The van der Waals surface area contributed by atoms with Crippen LogP contribution in [0, 0.1) is 35.5 Å². The van der Waals surface area contributed by atoms with Crippen molar-refractivity contribution in [3.63, 3.8) is 0 Å². The van der Waals surface area contributed by atoms with E-state index in [0.717, 1.165) is 42.4 Å². The highest BCUT2D eigenvalue weighted by atomic mass is 16.6. The van der Waals surface area contributed by atoms with Gasteiger partial charge in [0, 0.05) is 33.1 Å². The van der Waals surface area contributed by atoms with Crippen molar-refractivity contribution in [1.82, 2.24) is 4.98 Å². The molecule has 1 heterocycles. The Kier molecular flexibility index (Phi) is 13.3. The Labute approximate surface area is 279 Å². The van der Waals surface area contributed by atoms with Gasteiger partial charge in [-0.2, -0.15) is 0 Å². The lowest BCUT2D eigenvalue weighted by Crippen LogP contribution is -2.40. The van der Waals surface area contributed by atoms with Crippen LogP contribution in [0.4, 0.5) is 5.82 Å². The zero-order valence-corrected chi connectivity index (χ0v) is 28.4. The van der Waals surface area contributed by atoms with E-state index in [1.54, 1.807) is 30.5 Å². The number of aliphatic hydroxyl groups is 2. The van der Waals surface area contributed by atoms with Gasteiger partial charge in [0.2, 0.25) is 0 Å². The van der Waals surface area contributed by atoms with Crippen LogP contribution < -0.4 is 10.5 Å². The third kappa shape index (κ3) is 10.3. The number of esters is 2. The van der Waals surface area contributed by atoms with Gasteiger partial charge >= 0.3 is 11.9 Å². The number of anilines is 1. The molecule has 0 unspecified atom stereocenters. The zero-order chi connectivity index (χ0) is 34.1. The summed E-state index contributed by atoms with van der Waals surface area (Å²) in [5, 5.41) is 30.4. The number of benzene rings is 1. The number of fused-ring (bicyclic) bond motifs is 2. The van der Waals surface area contributed by atoms with Crippen molar-refractivity contribution >= 4 is 17.8 Å². The molecular weight excluding hydrogens is 600 g/mol. The third-order valence-corrected chi connectivity index (χ3v) is 10.2. The lowest BCUT2D eigenvalue weighted by molar-refractivity contribution is -0.157. The number of aromatic hydroxyl groups is 1. The molecule has 1 aromatic carbocycles. The first-order chi connectivity index (χ1) is 22.5. The second kappa shape index (κ2) is 17.2. The van der Waals surface area contributed by atoms with Crippen LogP contribution in [-0.2, 0) is 25.5 Å². The zero-order valence-electron chi connectivity index (χ0n) is 28.4. The highest BCUT2D eigenvalue weighted by molar-refractivity contribution is 5.72. The molecule has 0 amide bonds. The predicted octanol–water partition coefficient (Wildman–Crippen LogP) is 5.69. The average Bonchev–Trinajstić information content (AvgIpc) is 3.00. The van der Waals surface area contributed by atoms with Crippen LogP contribution in [0.3, 0.4) is 0 Å². The fourth-order valence-electron chi connectivity index (χ4n) is 8.24. The molecule has 2 saturated carbocycles. The number of aliphatic hydroxyl groups excluding tert-OH is 2. The van der Waals surface area contributed by atoms with Crippen LogP contribution in [0.5, 0.6) is 11.5 Å². The van der Waals surface area contributed by atoms with E-state index in [4.69, 9.17) is 19.9 Å². The summed E-state index contributed by atoms with van der Waals surface area (Å²) in [6.45, 7) is 7.32. The predicted molar refractivity (Wildman–Crippen MR) is 179 cm³/mol. The molecular formula is C37H54N2O8. The van der Waals surface area contributed by atoms with Gasteiger partial charge in [-0.15, -0.1) is 0 Å². The number of nitrogen functional groups attached to an aromatic ring is 1. The van der Waals surface area contributed by atoms with E-state index >= 15 is 0 Å². The van der Waals surface area contributed by atoms with Gasteiger partial charge in [0.15, 0.2) is 11.5 Å². The van der Waals surface area contributed by atoms with Crippen LogP contribution in [0.25, 0.3) is 11.1 Å². The molecule has 7 atom stereocenters. The maximum absolute atomic E-state index is 12.5. The summed E-state index contributed by atoms with van der Waals surface area (Å²) in [4.78, 5) is 29.0.